The molecule has 0 saturated heterocycles. The minimum atomic E-state index is -1.31. The van der Waals surface area contributed by atoms with Crippen molar-refractivity contribution in [2.24, 2.45) is 5.41 Å². The molecule has 0 spiro atoms. The van der Waals surface area contributed by atoms with Gasteiger partial charge in [0, 0.05) is 43.7 Å². The molecular formula is C50H47FIrN2OSi-2. The second-order valence-electron chi connectivity index (χ2n) is 16.6. The normalized spacial score (nSPS) is 11.6. The molecule has 6 heteroatoms. The average molecular weight is 931 g/mol. The summed E-state index contributed by atoms with van der Waals surface area (Å²) in [6, 6.07) is 47.1. The molecule has 0 aliphatic rings. The first-order valence-corrected chi connectivity index (χ1v) is 22.4. The smallest absolute Gasteiger partial charge is 0.121 e. The number of halogens is 1. The minimum absolute atomic E-state index is 0. The zero-order valence-corrected chi connectivity index (χ0v) is 36.5. The molecule has 0 amide bonds. The molecule has 8 aromatic rings. The van der Waals surface area contributed by atoms with Gasteiger partial charge in [0.2, 0.25) is 0 Å². The molecule has 5 aromatic carbocycles. The van der Waals surface area contributed by atoms with E-state index in [1.54, 1.807) is 6.07 Å². The fourth-order valence-corrected chi connectivity index (χ4v) is 7.83. The summed E-state index contributed by atoms with van der Waals surface area (Å²) in [5.41, 5.74) is 12.9. The van der Waals surface area contributed by atoms with Crippen LogP contribution < -0.4 is 5.19 Å². The number of benzene rings is 5. The third kappa shape index (κ3) is 9.86. The molecule has 0 aliphatic carbocycles. The van der Waals surface area contributed by atoms with Crippen molar-refractivity contribution in [3.8, 4) is 33.6 Å². The minimum Gasteiger partial charge on any atom is -0.500 e. The molecular weight excluding hydrogens is 884 g/mol. The molecule has 0 unspecified atom stereocenters. The first-order valence-electron chi connectivity index (χ1n) is 18.9. The molecule has 0 atom stereocenters. The van der Waals surface area contributed by atoms with Gasteiger partial charge in [-0.2, -0.15) is 0 Å². The van der Waals surface area contributed by atoms with Crippen molar-refractivity contribution in [1.82, 2.24) is 9.97 Å². The SMILES string of the molecule is C[Si](C)(C)c1ccc(-c2[c-]ccc(F)c2)nc1.Cc1cnc(-c2[c-]cc3oc4cc(-c5cccc(Cc6ccccc6)c5)ccc4c3c2)cc1CC(C)(C)C.[Ir]. The van der Waals surface area contributed by atoms with Gasteiger partial charge in [0.25, 0.3) is 0 Å². The molecule has 3 heterocycles. The topological polar surface area (TPSA) is 38.9 Å². The Hall–Kier alpha value is -5.00. The number of fused-ring (bicyclic) bond motifs is 3. The molecule has 56 heavy (non-hydrogen) atoms. The van der Waals surface area contributed by atoms with Crippen molar-refractivity contribution in [3.05, 3.63) is 174 Å². The molecule has 8 rings (SSSR count). The van der Waals surface area contributed by atoms with Gasteiger partial charge < -0.3 is 14.4 Å². The third-order valence-electron chi connectivity index (χ3n) is 9.80. The van der Waals surface area contributed by atoms with Crippen LogP contribution in [0.3, 0.4) is 0 Å². The van der Waals surface area contributed by atoms with Gasteiger partial charge in [0.1, 0.15) is 5.58 Å². The molecule has 3 aromatic heterocycles. The van der Waals surface area contributed by atoms with Crippen molar-refractivity contribution in [3.63, 3.8) is 0 Å². The number of pyridine rings is 2. The Labute approximate surface area is 345 Å². The second kappa shape index (κ2) is 17.0. The largest absolute Gasteiger partial charge is 0.500 e. The summed E-state index contributed by atoms with van der Waals surface area (Å²) in [6.07, 6.45) is 5.83. The quantitative estimate of drug-likeness (QED) is 0.118. The van der Waals surface area contributed by atoms with Crippen LogP contribution in [-0.4, -0.2) is 18.0 Å². The Morgan fingerprint density at radius 1 is 0.679 bits per heavy atom. The van der Waals surface area contributed by atoms with Gasteiger partial charge in [0.05, 0.1) is 13.7 Å². The average Bonchev–Trinajstić information content (AvgIpc) is 3.53. The van der Waals surface area contributed by atoms with E-state index in [-0.39, 0.29) is 31.3 Å². The van der Waals surface area contributed by atoms with E-state index in [1.165, 1.54) is 45.1 Å². The van der Waals surface area contributed by atoms with Gasteiger partial charge in [-0.05, 0) is 75.6 Å². The number of furan rings is 1. The summed E-state index contributed by atoms with van der Waals surface area (Å²) < 4.78 is 19.4. The maximum absolute atomic E-state index is 13.1. The Morgan fingerprint density at radius 2 is 1.41 bits per heavy atom. The van der Waals surface area contributed by atoms with Crippen LogP contribution in [0, 0.1) is 30.3 Å². The van der Waals surface area contributed by atoms with E-state index in [1.807, 2.05) is 24.5 Å². The molecule has 3 nitrogen and oxygen atoms in total. The van der Waals surface area contributed by atoms with E-state index in [0.717, 1.165) is 57.3 Å². The first-order chi connectivity index (χ1) is 26.3. The van der Waals surface area contributed by atoms with E-state index in [2.05, 4.69) is 155 Å². The van der Waals surface area contributed by atoms with Crippen molar-refractivity contribution in [1.29, 1.82) is 0 Å². The summed E-state index contributed by atoms with van der Waals surface area (Å²) in [7, 11) is -1.31. The van der Waals surface area contributed by atoms with Gasteiger partial charge >= 0.3 is 0 Å². The molecule has 0 N–H and O–H groups in total. The van der Waals surface area contributed by atoms with E-state index >= 15 is 0 Å². The number of nitrogens with zero attached hydrogens (tertiary/aromatic N) is 2. The summed E-state index contributed by atoms with van der Waals surface area (Å²) in [5.74, 6) is -0.255. The van der Waals surface area contributed by atoms with Crippen LogP contribution in [-0.2, 0) is 32.9 Å². The second-order valence-corrected chi connectivity index (χ2v) is 21.7. The van der Waals surface area contributed by atoms with Crippen molar-refractivity contribution in [2.75, 3.05) is 0 Å². The van der Waals surface area contributed by atoms with Crippen molar-refractivity contribution >= 4 is 35.2 Å². The summed E-state index contributed by atoms with van der Waals surface area (Å²) in [5, 5.41) is 3.51. The van der Waals surface area contributed by atoms with Crippen LogP contribution in [0.15, 0.2) is 138 Å². The molecule has 285 valence electrons. The fourth-order valence-electron chi connectivity index (χ4n) is 6.80. The van der Waals surface area contributed by atoms with E-state index < -0.39 is 8.07 Å². The van der Waals surface area contributed by atoms with Gasteiger partial charge in [-0.25, -0.2) is 4.39 Å². The molecule has 1 radical (unpaired) electrons. The predicted molar refractivity (Wildman–Crippen MR) is 230 cm³/mol. The van der Waals surface area contributed by atoms with Crippen LogP contribution in [0.4, 0.5) is 4.39 Å². The maximum atomic E-state index is 13.1. The van der Waals surface area contributed by atoms with Gasteiger partial charge in [-0.15, -0.1) is 53.6 Å². The fraction of sp³-hybridized carbons (Fsp3) is 0.200. The summed E-state index contributed by atoms with van der Waals surface area (Å²) in [6.45, 7) is 15.8. The molecule has 0 saturated carbocycles. The monoisotopic (exact) mass is 931 g/mol. The Kier molecular flexibility index (Phi) is 12.3. The van der Waals surface area contributed by atoms with Gasteiger partial charge in [-0.1, -0.05) is 136 Å². The number of rotatable bonds is 7. The molecule has 0 fully saturated rings. The Balaban J connectivity index is 0.000000248. The third-order valence-corrected chi connectivity index (χ3v) is 11.8. The summed E-state index contributed by atoms with van der Waals surface area (Å²) >= 11 is 0. The first kappa shape index (κ1) is 40.7. The summed E-state index contributed by atoms with van der Waals surface area (Å²) in [4.78, 5) is 9.13. The van der Waals surface area contributed by atoms with Crippen LogP contribution in [0.25, 0.3) is 55.6 Å². The van der Waals surface area contributed by atoms with E-state index in [4.69, 9.17) is 9.40 Å². The number of hydrogen-bond donors (Lipinski definition) is 0. The predicted octanol–water partition coefficient (Wildman–Crippen LogP) is 12.8. The van der Waals surface area contributed by atoms with Crippen molar-refractivity contribution in [2.45, 2.75) is 60.2 Å². The zero-order chi connectivity index (χ0) is 38.7. The number of aromatic nitrogens is 2. The maximum Gasteiger partial charge on any atom is 0.121 e. The van der Waals surface area contributed by atoms with Crippen LogP contribution in [0.2, 0.25) is 19.6 Å². The molecule has 0 bridgehead atoms. The standard InChI is InChI=1S/C36H32NO.C14H15FNSi.Ir/c1-24-23-37-33(20-30(24)22-36(2,3)4)29-14-16-34-32(19-29)31-15-13-28(21-35(31)38-34)27-12-8-11-26(18-27)17-25-9-6-5-7-10-25;1-17(2,3)13-7-8-14(16-10-13)11-5-4-6-12(15)9-11;/h5-13,15-16,18-21,23H,17,22H2,1-4H3;4,6-10H,1-3H3;/q2*-1;. The van der Waals surface area contributed by atoms with E-state index in [0.29, 0.717) is 5.56 Å². The van der Waals surface area contributed by atoms with Gasteiger partial charge in [0.15, 0.2) is 0 Å². The number of aryl methyl sites for hydroxylation is 1. The van der Waals surface area contributed by atoms with Gasteiger partial charge in [-0.3, -0.25) is 0 Å². The van der Waals surface area contributed by atoms with Crippen LogP contribution in [0.1, 0.15) is 43.0 Å². The van der Waals surface area contributed by atoms with Crippen molar-refractivity contribution < 1.29 is 28.9 Å². The Morgan fingerprint density at radius 3 is 2.12 bits per heavy atom. The van der Waals surface area contributed by atoms with E-state index in [9.17, 15) is 4.39 Å². The van der Waals surface area contributed by atoms with Crippen LogP contribution >= 0.6 is 0 Å². The molecule has 0 aliphatic heterocycles. The Bertz CT molecular complexity index is 2590. The zero-order valence-electron chi connectivity index (χ0n) is 33.1. The number of hydrogen-bond acceptors (Lipinski definition) is 3. The van der Waals surface area contributed by atoms with Crippen LogP contribution in [0.5, 0.6) is 0 Å².